The number of hydrogen-bond donors (Lipinski definition) is 0. The smallest absolute Gasteiger partial charge is 0.123 e. The van der Waals surface area contributed by atoms with Gasteiger partial charge in [-0.25, -0.2) is 0 Å². The zero-order chi connectivity index (χ0) is 12.3. The molecule has 2 rings (SSSR count). The first-order valence-corrected chi connectivity index (χ1v) is 6.41. The zero-order valence-electron chi connectivity index (χ0n) is 11.0. The van der Waals surface area contributed by atoms with Gasteiger partial charge in [0.05, 0.1) is 6.61 Å². The minimum Gasteiger partial charge on any atom is -0.488 e. The molecule has 0 N–H and O–H groups in total. The SMILES string of the molecule is CC(C)(C)c1ccccc1OC1CCCOC1. The Balaban J connectivity index is 2.14. The van der Waals surface area contributed by atoms with E-state index in [2.05, 4.69) is 39.0 Å². The van der Waals surface area contributed by atoms with Crippen molar-refractivity contribution in [1.29, 1.82) is 0 Å². The van der Waals surface area contributed by atoms with Gasteiger partial charge >= 0.3 is 0 Å². The van der Waals surface area contributed by atoms with Gasteiger partial charge < -0.3 is 9.47 Å². The van der Waals surface area contributed by atoms with E-state index in [1.165, 1.54) is 5.56 Å². The highest BCUT2D eigenvalue weighted by atomic mass is 16.5. The van der Waals surface area contributed by atoms with E-state index >= 15 is 0 Å². The molecule has 0 radical (unpaired) electrons. The Morgan fingerprint density at radius 3 is 2.65 bits per heavy atom. The average molecular weight is 234 g/mol. The van der Waals surface area contributed by atoms with Gasteiger partial charge in [-0.15, -0.1) is 0 Å². The number of hydrogen-bond acceptors (Lipinski definition) is 2. The third kappa shape index (κ3) is 3.22. The molecule has 0 saturated carbocycles. The number of benzene rings is 1. The quantitative estimate of drug-likeness (QED) is 0.779. The average Bonchev–Trinajstić information content (AvgIpc) is 2.30. The van der Waals surface area contributed by atoms with Gasteiger partial charge in [0.2, 0.25) is 0 Å². The van der Waals surface area contributed by atoms with Crippen LogP contribution in [0.2, 0.25) is 0 Å². The summed E-state index contributed by atoms with van der Waals surface area (Å²) >= 11 is 0. The standard InChI is InChI=1S/C15H22O2/c1-15(2,3)13-8-4-5-9-14(13)17-12-7-6-10-16-11-12/h4-5,8-9,12H,6-7,10-11H2,1-3H3. The van der Waals surface area contributed by atoms with E-state index in [1.54, 1.807) is 0 Å². The molecule has 2 heteroatoms. The lowest BCUT2D eigenvalue weighted by molar-refractivity contribution is 0.00671. The van der Waals surface area contributed by atoms with Crippen molar-refractivity contribution in [1.82, 2.24) is 0 Å². The fraction of sp³-hybridized carbons (Fsp3) is 0.600. The summed E-state index contributed by atoms with van der Waals surface area (Å²) in [7, 11) is 0. The first-order valence-electron chi connectivity index (χ1n) is 6.41. The lowest BCUT2D eigenvalue weighted by Gasteiger charge is -2.28. The van der Waals surface area contributed by atoms with E-state index in [1.807, 2.05) is 6.07 Å². The fourth-order valence-electron chi connectivity index (χ4n) is 2.17. The summed E-state index contributed by atoms with van der Waals surface area (Å²) in [6, 6.07) is 8.33. The summed E-state index contributed by atoms with van der Waals surface area (Å²) in [4.78, 5) is 0. The molecule has 1 heterocycles. The van der Waals surface area contributed by atoms with Crippen LogP contribution in [0.5, 0.6) is 5.75 Å². The zero-order valence-corrected chi connectivity index (χ0v) is 11.0. The van der Waals surface area contributed by atoms with E-state index in [0.29, 0.717) is 0 Å². The largest absolute Gasteiger partial charge is 0.488 e. The minimum atomic E-state index is 0.117. The van der Waals surface area contributed by atoms with Crippen molar-refractivity contribution in [3.8, 4) is 5.75 Å². The van der Waals surface area contributed by atoms with Gasteiger partial charge in [-0.05, 0) is 29.9 Å². The molecule has 2 nitrogen and oxygen atoms in total. The van der Waals surface area contributed by atoms with E-state index in [0.717, 1.165) is 31.8 Å². The van der Waals surface area contributed by atoms with Crippen molar-refractivity contribution in [3.05, 3.63) is 29.8 Å². The molecular weight excluding hydrogens is 212 g/mol. The third-order valence-electron chi connectivity index (χ3n) is 3.11. The van der Waals surface area contributed by atoms with Crippen molar-refractivity contribution >= 4 is 0 Å². The first-order chi connectivity index (χ1) is 8.07. The van der Waals surface area contributed by atoms with E-state index in [9.17, 15) is 0 Å². The maximum Gasteiger partial charge on any atom is 0.123 e. The predicted octanol–water partition coefficient (Wildman–Crippen LogP) is 3.54. The highest BCUT2D eigenvalue weighted by Gasteiger charge is 2.21. The van der Waals surface area contributed by atoms with Crippen LogP contribution in [0.3, 0.4) is 0 Å². The molecule has 0 aromatic heterocycles. The Labute approximate surface area is 104 Å². The van der Waals surface area contributed by atoms with Crippen molar-refractivity contribution in [2.24, 2.45) is 0 Å². The van der Waals surface area contributed by atoms with Crippen LogP contribution < -0.4 is 4.74 Å². The van der Waals surface area contributed by atoms with Crippen molar-refractivity contribution < 1.29 is 9.47 Å². The highest BCUT2D eigenvalue weighted by molar-refractivity contribution is 5.38. The van der Waals surface area contributed by atoms with Gasteiger partial charge in [-0.1, -0.05) is 39.0 Å². The summed E-state index contributed by atoms with van der Waals surface area (Å²) in [5, 5.41) is 0. The Kier molecular flexibility index (Phi) is 3.72. The summed E-state index contributed by atoms with van der Waals surface area (Å²) in [5.74, 6) is 1.01. The fourth-order valence-corrected chi connectivity index (χ4v) is 2.17. The molecule has 1 fully saturated rings. The summed E-state index contributed by atoms with van der Waals surface area (Å²) in [6.07, 6.45) is 2.41. The highest BCUT2D eigenvalue weighted by Crippen LogP contribution is 2.32. The minimum absolute atomic E-state index is 0.117. The molecule has 1 saturated heterocycles. The Bertz CT molecular complexity index is 359. The Morgan fingerprint density at radius 1 is 1.24 bits per heavy atom. The molecule has 1 atom stereocenters. The molecule has 1 aliphatic heterocycles. The normalized spacial score (nSPS) is 21.2. The van der Waals surface area contributed by atoms with Crippen LogP contribution in [0.25, 0.3) is 0 Å². The summed E-state index contributed by atoms with van der Waals surface area (Å²) < 4.78 is 11.5. The lowest BCUT2D eigenvalue weighted by Crippen LogP contribution is -2.29. The van der Waals surface area contributed by atoms with Crippen molar-refractivity contribution in [2.45, 2.75) is 45.1 Å². The Morgan fingerprint density at radius 2 is 2.00 bits per heavy atom. The van der Waals surface area contributed by atoms with E-state index in [4.69, 9.17) is 9.47 Å². The molecule has 0 aliphatic carbocycles. The molecule has 0 spiro atoms. The molecule has 1 aliphatic rings. The maximum atomic E-state index is 6.09. The topological polar surface area (TPSA) is 18.5 Å². The molecular formula is C15H22O2. The van der Waals surface area contributed by atoms with Crippen LogP contribution in [0.1, 0.15) is 39.2 Å². The van der Waals surface area contributed by atoms with Crippen molar-refractivity contribution in [2.75, 3.05) is 13.2 Å². The second kappa shape index (κ2) is 5.09. The second-order valence-electron chi connectivity index (χ2n) is 5.70. The predicted molar refractivity (Wildman–Crippen MR) is 69.6 cm³/mol. The van der Waals surface area contributed by atoms with Crippen LogP contribution in [-0.4, -0.2) is 19.3 Å². The van der Waals surface area contributed by atoms with Crippen LogP contribution in [0.4, 0.5) is 0 Å². The van der Waals surface area contributed by atoms with Gasteiger partial charge in [0, 0.05) is 6.61 Å². The molecule has 1 aromatic rings. The number of rotatable bonds is 2. The second-order valence-corrected chi connectivity index (χ2v) is 5.70. The Hall–Kier alpha value is -1.02. The monoisotopic (exact) mass is 234 g/mol. The van der Waals surface area contributed by atoms with Crippen LogP contribution in [0, 0.1) is 0 Å². The van der Waals surface area contributed by atoms with Crippen molar-refractivity contribution in [3.63, 3.8) is 0 Å². The van der Waals surface area contributed by atoms with E-state index < -0.39 is 0 Å². The number of para-hydroxylation sites is 1. The molecule has 0 bridgehead atoms. The van der Waals surface area contributed by atoms with Crippen LogP contribution in [0.15, 0.2) is 24.3 Å². The number of ether oxygens (including phenoxy) is 2. The van der Waals surface area contributed by atoms with Gasteiger partial charge in [-0.3, -0.25) is 0 Å². The first kappa shape index (κ1) is 12.4. The van der Waals surface area contributed by atoms with Gasteiger partial charge in [0.15, 0.2) is 0 Å². The lowest BCUT2D eigenvalue weighted by atomic mass is 9.86. The molecule has 1 unspecified atom stereocenters. The van der Waals surface area contributed by atoms with Gasteiger partial charge in [0.25, 0.3) is 0 Å². The van der Waals surface area contributed by atoms with Crippen LogP contribution >= 0.6 is 0 Å². The molecule has 0 amide bonds. The third-order valence-corrected chi connectivity index (χ3v) is 3.11. The molecule has 94 valence electrons. The maximum absolute atomic E-state index is 6.09. The summed E-state index contributed by atoms with van der Waals surface area (Å²) in [5.41, 5.74) is 1.39. The summed E-state index contributed by atoms with van der Waals surface area (Å²) in [6.45, 7) is 8.24. The molecule has 1 aromatic carbocycles. The van der Waals surface area contributed by atoms with Gasteiger partial charge in [0.1, 0.15) is 11.9 Å². The van der Waals surface area contributed by atoms with Crippen LogP contribution in [-0.2, 0) is 10.2 Å². The van der Waals surface area contributed by atoms with Gasteiger partial charge in [-0.2, -0.15) is 0 Å². The van der Waals surface area contributed by atoms with E-state index in [-0.39, 0.29) is 11.5 Å². The molecule has 17 heavy (non-hydrogen) atoms.